The zero-order chi connectivity index (χ0) is 28.6. The molecule has 0 saturated heterocycles. The van der Waals surface area contributed by atoms with Crippen molar-refractivity contribution in [1.29, 1.82) is 0 Å². The summed E-state index contributed by atoms with van der Waals surface area (Å²) in [6.45, 7) is 0. The minimum absolute atomic E-state index is 0. The van der Waals surface area contributed by atoms with Crippen molar-refractivity contribution in [2.24, 2.45) is 0 Å². The van der Waals surface area contributed by atoms with Gasteiger partial charge in [-0.1, -0.05) is 0 Å². The molecule has 0 aliphatic carbocycles. The second kappa shape index (κ2) is 53.8. The summed E-state index contributed by atoms with van der Waals surface area (Å²) in [5.41, 5.74) is 0. The van der Waals surface area contributed by atoms with Crippen LogP contribution in [-0.2, 0) is 0 Å². The van der Waals surface area contributed by atoms with Crippen molar-refractivity contribution < 1.29 is 121 Å². The van der Waals surface area contributed by atoms with Gasteiger partial charge in [-0.25, -0.2) is 0 Å². The van der Waals surface area contributed by atoms with Gasteiger partial charge in [-0.05, 0) is 0 Å². The quantitative estimate of drug-likeness (QED) is 0.132. The zero-order valence-corrected chi connectivity index (χ0v) is 15.4. The molecule has 0 rings (SSSR count). The molecule has 24 nitrogen and oxygen atoms in total. The standard InChI is InChI=1S/8BH3O3.Na.H/c8*2-1(3)4;;/h8*2-4H;;. The van der Waals surface area contributed by atoms with E-state index in [9.17, 15) is 0 Å². The van der Waals surface area contributed by atoms with Crippen molar-refractivity contribution in [2.75, 3.05) is 0 Å². The maximum atomic E-state index is 7.17. The molecule has 0 unspecified atom stereocenters. The fourth-order valence-corrected chi connectivity index (χ4v) is 0. The van der Waals surface area contributed by atoms with E-state index in [1.807, 2.05) is 0 Å². The van der Waals surface area contributed by atoms with E-state index in [2.05, 4.69) is 0 Å². The Labute approximate surface area is 208 Å². The van der Waals surface area contributed by atoms with E-state index in [0.29, 0.717) is 0 Å². The van der Waals surface area contributed by atoms with Crippen LogP contribution in [0.1, 0.15) is 0 Å². The van der Waals surface area contributed by atoms with E-state index in [1.165, 1.54) is 0 Å². The van der Waals surface area contributed by atoms with E-state index >= 15 is 0 Å². The predicted octanol–water partition coefficient (Wildman–Crippen LogP) is -17.1. The second-order valence-electron chi connectivity index (χ2n) is 2.77. The van der Waals surface area contributed by atoms with Crippen LogP contribution in [0.15, 0.2) is 0 Å². The van der Waals surface area contributed by atoms with Crippen LogP contribution in [0.4, 0.5) is 0 Å². The summed E-state index contributed by atoms with van der Waals surface area (Å²) in [6.07, 6.45) is 0. The van der Waals surface area contributed by atoms with Crippen LogP contribution in [0, 0.1) is 0 Å². The van der Waals surface area contributed by atoms with Crippen molar-refractivity contribution >= 4 is 88.1 Å². The molecule has 0 atom stereocenters. The summed E-state index contributed by atoms with van der Waals surface area (Å²) in [5.74, 6) is 0. The molecule has 0 aromatic heterocycles. The monoisotopic (exact) mass is 520 g/mol. The molecule has 0 bridgehead atoms. The Morgan fingerprint density at radius 3 is 0.152 bits per heavy atom. The second-order valence-corrected chi connectivity index (χ2v) is 2.77. The van der Waals surface area contributed by atoms with Gasteiger partial charge in [-0.15, -0.1) is 0 Å². The average Bonchev–Trinajstić information content (AvgIpc) is 2.30. The van der Waals surface area contributed by atoms with E-state index in [4.69, 9.17) is 121 Å². The molecule has 0 aliphatic heterocycles. The first kappa shape index (κ1) is 59.0. The van der Waals surface area contributed by atoms with E-state index in [-0.39, 0.29) is 29.6 Å². The van der Waals surface area contributed by atoms with Crippen LogP contribution in [0.25, 0.3) is 0 Å². The van der Waals surface area contributed by atoms with Gasteiger partial charge in [-0.2, -0.15) is 0 Å². The molecule has 33 heteroatoms. The minimum atomic E-state index is -2.17. The number of hydrogen-bond donors (Lipinski definition) is 24. The van der Waals surface area contributed by atoms with Gasteiger partial charge >= 0.3 is 88.1 Å². The van der Waals surface area contributed by atoms with Gasteiger partial charge in [-0.3, -0.25) is 0 Å². The Kier molecular flexibility index (Phi) is 96.1. The van der Waals surface area contributed by atoms with Gasteiger partial charge in [0.25, 0.3) is 0 Å². The van der Waals surface area contributed by atoms with Crippen molar-refractivity contribution in [2.45, 2.75) is 0 Å². The fraction of sp³-hybridized carbons (Fsp3) is 0. The van der Waals surface area contributed by atoms with Crippen molar-refractivity contribution in [1.82, 2.24) is 0 Å². The third-order valence-corrected chi connectivity index (χ3v) is 0. The summed E-state index contributed by atoms with van der Waals surface area (Å²) in [6, 6.07) is 0. The van der Waals surface area contributed by atoms with E-state index < -0.39 is 58.6 Å². The fourth-order valence-electron chi connectivity index (χ4n) is 0. The molecule has 0 aromatic rings. The topological polar surface area (TPSA) is 486 Å². The molecular formula is H25B8NaO24. The summed E-state index contributed by atoms with van der Waals surface area (Å²) < 4.78 is 0. The summed E-state index contributed by atoms with van der Waals surface area (Å²) in [4.78, 5) is 0. The zero-order valence-electron chi connectivity index (χ0n) is 15.4. The average molecular weight is 519 g/mol. The molecule has 33 heavy (non-hydrogen) atoms. The Morgan fingerprint density at radius 2 is 0.152 bits per heavy atom. The molecular weight excluding hydrogens is 493 g/mol. The van der Waals surface area contributed by atoms with Crippen molar-refractivity contribution in [3.05, 3.63) is 0 Å². The SMILES string of the molecule is OB(O)O.OB(O)O.OB(O)O.OB(O)O.OB(O)O.OB(O)O.OB(O)O.OB(O)O.[NaH]. The van der Waals surface area contributed by atoms with Crippen LogP contribution in [0.2, 0.25) is 0 Å². The van der Waals surface area contributed by atoms with Gasteiger partial charge in [0.15, 0.2) is 0 Å². The summed E-state index contributed by atoms with van der Waals surface area (Å²) in [7, 11) is -17.3. The molecule has 24 N–H and O–H groups in total. The van der Waals surface area contributed by atoms with Crippen LogP contribution in [0.3, 0.4) is 0 Å². The molecule has 0 saturated carbocycles. The third-order valence-electron chi connectivity index (χ3n) is 0. The van der Waals surface area contributed by atoms with Crippen LogP contribution >= 0.6 is 0 Å². The van der Waals surface area contributed by atoms with Crippen molar-refractivity contribution in [3.63, 3.8) is 0 Å². The van der Waals surface area contributed by atoms with Crippen LogP contribution in [-0.4, -0.2) is 209 Å². The Morgan fingerprint density at radius 1 is 0.152 bits per heavy atom. The first-order valence-electron chi connectivity index (χ1n) is 6.20. The normalized spacial score (nSPS) is 6.55. The van der Waals surface area contributed by atoms with Gasteiger partial charge in [0.2, 0.25) is 0 Å². The molecule has 0 radical (unpaired) electrons. The van der Waals surface area contributed by atoms with E-state index in [1.54, 1.807) is 0 Å². The van der Waals surface area contributed by atoms with Gasteiger partial charge in [0, 0.05) is 0 Å². The van der Waals surface area contributed by atoms with Gasteiger partial charge < -0.3 is 121 Å². The first-order chi connectivity index (χ1) is 13.9. The maximum absolute atomic E-state index is 7.17. The third kappa shape index (κ3) is 97100. The first-order valence-corrected chi connectivity index (χ1v) is 6.20. The summed E-state index contributed by atoms with van der Waals surface area (Å²) >= 11 is 0. The molecule has 0 heterocycles. The Hall–Kier alpha value is 0.559. The number of hydrogen-bond acceptors (Lipinski definition) is 24. The molecule has 0 spiro atoms. The summed E-state index contributed by atoms with van der Waals surface area (Å²) in [5, 5.41) is 172. The van der Waals surface area contributed by atoms with Crippen LogP contribution in [0.5, 0.6) is 0 Å². The molecule has 0 aliphatic rings. The van der Waals surface area contributed by atoms with Crippen LogP contribution < -0.4 is 0 Å². The Bertz CT molecular complexity index is 142. The predicted molar refractivity (Wildman–Crippen MR) is 106 cm³/mol. The van der Waals surface area contributed by atoms with Crippen molar-refractivity contribution in [3.8, 4) is 0 Å². The molecule has 0 amide bonds. The molecule has 0 fully saturated rings. The Balaban J connectivity index is -0.0000000284. The number of rotatable bonds is 0. The van der Waals surface area contributed by atoms with Gasteiger partial charge in [0.1, 0.15) is 0 Å². The van der Waals surface area contributed by atoms with E-state index in [0.717, 1.165) is 0 Å². The molecule has 194 valence electrons. The van der Waals surface area contributed by atoms with Gasteiger partial charge in [0.05, 0.1) is 0 Å². The molecule has 0 aromatic carbocycles.